The molecule has 0 fully saturated rings. The average Bonchev–Trinajstić information content (AvgIpc) is 2.93. The Hall–Kier alpha value is -2.28. The van der Waals surface area contributed by atoms with Crippen LogP contribution in [0.3, 0.4) is 0 Å². The molecule has 0 saturated carbocycles. The van der Waals surface area contributed by atoms with Gasteiger partial charge in [-0.25, -0.2) is 14.6 Å². The number of carboxylic acids is 1. The molecule has 20 heavy (non-hydrogen) atoms. The van der Waals surface area contributed by atoms with E-state index in [0.717, 1.165) is 4.90 Å². The summed E-state index contributed by atoms with van der Waals surface area (Å²) in [5.41, 5.74) is 0.672. The van der Waals surface area contributed by atoms with Crippen molar-refractivity contribution in [1.29, 1.82) is 0 Å². The number of aromatic carboxylic acids is 1. The van der Waals surface area contributed by atoms with Gasteiger partial charge in [0.15, 0.2) is 0 Å². The largest absolute Gasteiger partial charge is 0.477 e. The maximum Gasteiger partial charge on any atom is 0.374 e. The van der Waals surface area contributed by atoms with Crippen molar-refractivity contribution in [1.82, 2.24) is 4.98 Å². The minimum Gasteiger partial charge on any atom is -0.477 e. The summed E-state index contributed by atoms with van der Waals surface area (Å²) in [4.78, 5) is 26.7. The number of hydrogen-bond acceptors (Lipinski definition) is 6. The Labute approximate surface area is 118 Å². The molecule has 2 aromatic heterocycles. The monoisotopic (exact) mass is 293 g/mol. The molecule has 2 rings (SSSR count). The van der Waals surface area contributed by atoms with Crippen LogP contribution < -0.4 is 0 Å². The molecular formula is C13H11NO5S. The van der Waals surface area contributed by atoms with Crippen molar-refractivity contribution in [2.45, 2.75) is 10.6 Å². The van der Waals surface area contributed by atoms with Gasteiger partial charge in [-0.1, -0.05) is 0 Å². The molecule has 0 aliphatic carbocycles. The maximum atomic E-state index is 11.4. The van der Waals surface area contributed by atoms with E-state index in [1.54, 1.807) is 12.1 Å². The number of carbonyl (C=O) groups is 2. The van der Waals surface area contributed by atoms with Crippen LogP contribution >= 0.6 is 11.8 Å². The number of aromatic nitrogens is 1. The van der Waals surface area contributed by atoms with Gasteiger partial charge in [0.1, 0.15) is 5.69 Å². The minimum atomic E-state index is -1.08. The highest BCUT2D eigenvalue weighted by Gasteiger charge is 2.16. The summed E-state index contributed by atoms with van der Waals surface area (Å²) in [5, 5.41) is 8.86. The second kappa shape index (κ2) is 6.25. The van der Waals surface area contributed by atoms with Crippen LogP contribution in [-0.4, -0.2) is 29.1 Å². The summed E-state index contributed by atoms with van der Waals surface area (Å²) in [7, 11) is 1.28. The summed E-state index contributed by atoms with van der Waals surface area (Å²) in [6.45, 7) is 0. The zero-order valence-electron chi connectivity index (χ0n) is 10.5. The van der Waals surface area contributed by atoms with E-state index in [2.05, 4.69) is 9.72 Å². The summed E-state index contributed by atoms with van der Waals surface area (Å²) < 4.78 is 9.68. The second-order valence-corrected chi connectivity index (χ2v) is 4.79. The number of carbonyl (C=O) groups excluding carboxylic acids is 1. The van der Waals surface area contributed by atoms with E-state index >= 15 is 0 Å². The van der Waals surface area contributed by atoms with Crippen LogP contribution in [0, 0.1) is 0 Å². The normalized spacial score (nSPS) is 10.2. The van der Waals surface area contributed by atoms with E-state index in [9.17, 15) is 9.59 Å². The zero-order valence-corrected chi connectivity index (χ0v) is 11.3. The topological polar surface area (TPSA) is 89.6 Å². The van der Waals surface area contributed by atoms with Gasteiger partial charge in [0.05, 0.1) is 13.4 Å². The van der Waals surface area contributed by atoms with E-state index in [1.165, 1.54) is 37.4 Å². The van der Waals surface area contributed by atoms with Gasteiger partial charge in [-0.15, -0.1) is 11.8 Å². The first-order valence-electron chi connectivity index (χ1n) is 5.58. The van der Waals surface area contributed by atoms with Crippen molar-refractivity contribution in [3.8, 4) is 0 Å². The third-order valence-corrected chi connectivity index (χ3v) is 3.51. The summed E-state index contributed by atoms with van der Waals surface area (Å²) in [5.74, 6) is -0.991. The molecule has 0 unspecified atom stereocenters. The van der Waals surface area contributed by atoms with Gasteiger partial charge >= 0.3 is 11.9 Å². The standard InChI is InChI=1S/C13H11NO5S/c1-18-13(17)11-8(3-5-19-11)7-20-9-2-4-14-10(6-9)12(15)16/h2-6H,7H2,1H3,(H,15,16). The molecule has 0 radical (unpaired) electrons. The fourth-order valence-corrected chi connectivity index (χ4v) is 2.40. The highest BCUT2D eigenvalue weighted by atomic mass is 32.2. The Morgan fingerprint density at radius 2 is 2.25 bits per heavy atom. The van der Waals surface area contributed by atoms with Crippen LogP contribution in [0.5, 0.6) is 0 Å². The van der Waals surface area contributed by atoms with Gasteiger partial charge in [-0.2, -0.15) is 0 Å². The Morgan fingerprint density at radius 1 is 1.45 bits per heavy atom. The molecule has 0 aromatic carbocycles. The van der Waals surface area contributed by atoms with Gasteiger partial charge < -0.3 is 14.3 Å². The number of carboxylic acid groups (broad SMARTS) is 1. The first-order chi connectivity index (χ1) is 9.61. The SMILES string of the molecule is COC(=O)c1occc1CSc1ccnc(C(=O)O)c1. The van der Waals surface area contributed by atoms with Crippen molar-refractivity contribution in [2.75, 3.05) is 7.11 Å². The maximum absolute atomic E-state index is 11.4. The lowest BCUT2D eigenvalue weighted by Crippen LogP contribution is -2.02. The Bertz CT molecular complexity index is 637. The summed E-state index contributed by atoms with van der Waals surface area (Å²) >= 11 is 1.38. The van der Waals surface area contributed by atoms with E-state index in [-0.39, 0.29) is 11.5 Å². The number of furan rings is 1. The highest BCUT2D eigenvalue weighted by molar-refractivity contribution is 7.98. The molecule has 2 heterocycles. The van der Waals surface area contributed by atoms with E-state index in [0.29, 0.717) is 11.3 Å². The molecule has 2 aromatic rings. The first kappa shape index (κ1) is 14.1. The number of thioether (sulfide) groups is 1. The van der Waals surface area contributed by atoms with E-state index < -0.39 is 11.9 Å². The number of methoxy groups -OCH3 is 1. The Kier molecular flexibility index (Phi) is 4.41. The molecule has 6 nitrogen and oxygen atoms in total. The van der Waals surface area contributed by atoms with E-state index in [1.807, 2.05) is 0 Å². The smallest absolute Gasteiger partial charge is 0.374 e. The summed E-state index contributed by atoms with van der Waals surface area (Å²) in [6, 6.07) is 4.86. The number of ether oxygens (including phenoxy) is 1. The third-order valence-electron chi connectivity index (χ3n) is 2.46. The molecule has 0 saturated heterocycles. The molecule has 104 valence electrons. The third kappa shape index (κ3) is 3.18. The lowest BCUT2D eigenvalue weighted by molar-refractivity contribution is 0.0563. The molecule has 0 aliphatic heterocycles. The molecule has 0 bridgehead atoms. The number of nitrogens with zero attached hydrogens (tertiary/aromatic N) is 1. The molecular weight excluding hydrogens is 282 g/mol. The van der Waals surface area contributed by atoms with Crippen LogP contribution in [0.15, 0.2) is 40.0 Å². The van der Waals surface area contributed by atoms with Gasteiger partial charge in [-0.05, 0) is 18.2 Å². The van der Waals surface area contributed by atoms with Crippen molar-refractivity contribution < 1.29 is 23.8 Å². The Balaban J connectivity index is 2.09. The second-order valence-electron chi connectivity index (χ2n) is 3.74. The van der Waals surface area contributed by atoms with Gasteiger partial charge in [0.2, 0.25) is 5.76 Å². The molecule has 0 spiro atoms. The quantitative estimate of drug-likeness (QED) is 0.669. The lowest BCUT2D eigenvalue weighted by atomic mass is 10.3. The van der Waals surface area contributed by atoms with Gasteiger partial charge in [0.25, 0.3) is 0 Å². The molecule has 0 amide bonds. The molecule has 0 aliphatic rings. The van der Waals surface area contributed by atoms with Crippen molar-refractivity contribution >= 4 is 23.7 Å². The highest BCUT2D eigenvalue weighted by Crippen LogP contribution is 2.25. The molecule has 7 heteroatoms. The predicted octanol–water partition coefficient (Wildman–Crippen LogP) is 2.45. The molecule has 1 N–H and O–H groups in total. The number of esters is 1. The van der Waals surface area contributed by atoms with Crippen molar-refractivity contribution in [2.24, 2.45) is 0 Å². The fourth-order valence-electron chi connectivity index (χ4n) is 1.50. The number of rotatable bonds is 5. The van der Waals surface area contributed by atoms with Crippen molar-refractivity contribution in [3.63, 3.8) is 0 Å². The van der Waals surface area contributed by atoms with Gasteiger partial charge in [-0.3, -0.25) is 0 Å². The summed E-state index contributed by atoms with van der Waals surface area (Å²) in [6.07, 6.45) is 2.85. The fraction of sp³-hybridized carbons (Fsp3) is 0.154. The lowest BCUT2D eigenvalue weighted by Gasteiger charge is -2.02. The minimum absolute atomic E-state index is 0.0182. The van der Waals surface area contributed by atoms with Gasteiger partial charge in [0, 0.05) is 22.4 Å². The average molecular weight is 293 g/mol. The van der Waals surface area contributed by atoms with Crippen LogP contribution in [0.2, 0.25) is 0 Å². The first-order valence-corrected chi connectivity index (χ1v) is 6.57. The van der Waals surface area contributed by atoms with Crippen LogP contribution in [0.4, 0.5) is 0 Å². The Morgan fingerprint density at radius 3 is 2.95 bits per heavy atom. The van der Waals surface area contributed by atoms with Crippen molar-refractivity contribution in [3.05, 3.63) is 47.7 Å². The predicted molar refractivity (Wildman–Crippen MR) is 70.8 cm³/mol. The van der Waals surface area contributed by atoms with Crippen LogP contribution in [-0.2, 0) is 10.5 Å². The van der Waals surface area contributed by atoms with E-state index in [4.69, 9.17) is 9.52 Å². The van der Waals surface area contributed by atoms with Crippen LogP contribution in [0.1, 0.15) is 26.6 Å². The number of pyridine rings is 1. The zero-order chi connectivity index (χ0) is 14.5. The number of hydrogen-bond donors (Lipinski definition) is 1. The molecule has 0 atom stereocenters. The van der Waals surface area contributed by atoms with Crippen LogP contribution in [0.25, 0.3) is 0 Å².